The highest BCUT2D eigenvalue weighted by Gasteiger charge is 2.35. The zero-order valence-corrected chi connectivity index (χ0v) is 28.7. The molecule has 0 aliphatic carbocycles. The van der Waals surface area contributed by atoms with Crippen molar-refractivity contribution in [2.24, 2.45) is 0 Å². The number of unbranched alkanes of at least 4 members (excludes halogenated alkanes) is 1. The van der Waals surface area contributed by atoms with Crippen LogP contribution in [0.3, 0.4) is 0 Å². The van der Waals surface area contributed by atoms with E-state index in [1.165, 1.54) is 29.2 Å². The molecule has 0 aliphatic rings. The van der Waals surface area contributed by atoms with E-state index in [9.17, 15) is 18.0 Å². The number of nitrogens with one attached hydrogen (secondary N) is 1. The molecule has 0 aliphatic heterocycles. The van der Waals surface area contributed by atoms with E-state index in [1.54, 1.807) is 42.5 Å². The Balaban J connectivity index is 1.82. The zero-order chi connectivity index (χ0) is 33.3. The van der Waals surface area contributed by atoms with Crippen molar-refractivity contribution in [1.82, 2.24) is 10.2 Å². The van der Waals surface area contributed by atoms with Crippen LogP contribution >= 0.6 is 34.8 Å². The first-order valence-electron chi connectivity index (χ1n) is 14.9. The lowest BCUT2D eigenvalue weighted by atomic mass is 10.0. The highest BCUT2D eigenvalue weighted by molar-refractivity contribution is 7.92. The SMILES string of the molecule is CCCCNC(=O)[C@H](Cc1ccccc1)N(Cc1c(Cl)cccc1Cl)C(=O)CN(c1ccc(Cl)cc1)S(=O)(=O)c1ccc(C)cc1. The number of aryl methyl sites for hydroxylation is 1. The van der Waals surface area contributed by atoms with Crippen molar-refractivity contribution >= 4 is 62.3 Å². The van der Waals surface area contributed by atoms with E-state index in [0.717, 1.165) is 28.3 Å². The maximum absolute atomic E-state index is 14.5. The Morgan fingerprint density at radius 2 is 1.46 bits per heavy atom. The first kappa shape index (κ1) is 35.3. The molecule has 0 heterocycles. The van der Waals surface area contributed by atoms with Gasteiger partial charge in [-0.05, 0) is 67.4 Å². The van der Waals surface area contributed by atoms with Crippen LogP contribution in [0.2, 0.25) is 15.1 Å². The number of anilines is 1. The highest BCUT2D eigenvalue weighted by atomic mass is 35.5. The van der Waals surface area contributed by atoms with E-state index in [0.29, 0.717) is 27.2 Å². The number of nitrogens with zero attached hydrogens (tertiary/aromatic N) is 2. The lowest BCUT2D eigenvalue weighted by Crippen LogP contribution is -2.53. The summed E-state index contributed by atoms with van der Waals surface area (Å²) >= 11 is 19.3. The van der Waals surface area contributed by atoms with Crippen LogP contribution < -0.4 is 9.62 Å². The molecule has 242 valence electrons. The van der Waals surface area contributed by atoms with Gasteiger partial charge in [-0.15, -0.1) is 0 Å². The molecule has 0 saturated heterocycles. The van der Waals surface area contributed by atoms with Crippen LogP contribution in [0.4, 0.5) is 5.69 Å². The van der Waals surface area contributed by atoms with Crippen molar-refractivity contribution in [3.05, 3.63) is 129 Å². The molecule has 0 aromatic heterocycles. The van der Waals surface area contributed by atoms with E-state index in [4.69, 9.17) is 34.8 Å². The van der Waals surface area contributed by atoms with Gasteiger partial charge in [0.25, 0.3) is 10.0 Å². The molecule has 4 aromatic carbocycles. The van der Waals surface area contributed by atoms with Crippen molar-refractivity contribution in [3.8, 4) is 0 Å². The van der Waals surface area contributed by atoms with Gasteiger partial charge in [-0.3, -0.25) is 13.9 Å². The number of halogens is 3. The summed E-state index contributed by atoms with van der Waals surface area (Å²) in [6.07, 6.45) is 1.81. The topological polar surface area (TPSA) is 86.8 Å². The van der Waals surface area contributed by atoms with Crippen molar-refractivity contribution in [2.45, 2.75) is 50.6 Å². The molecule has 4 rings (SSSR count). The van der Waals surface area contributed by atoms with E-state index in [-0.39, 0.29) is 29.5 Å². The van der Waals surface area contributed by atoms with Gasteiger partial charge in [0.05, 0.1) is 10.6 Å². The van der Waals surface area contributed by atoms with Crippen molar-refractivity contribution in [1.29, 1.82) is 0 Å². The predicted octanol–water partition coefficient (Wildman–Crippen LogP) is 7.71. The van der Waals surface area contributed by atoms with Crippen LogP contribution in [0, 0.1) is 6.92 Å². The van der Waals surface area contributed by atoms with Gasteiger partial charge < -0.3 is 10.2 Å². The maximum atomic E-state index is 14.5. The van der Waals surface area contributed by atoms with Gasteiger partial charge in [-0.25, -0.2) is 8.42 Å². The molecule has 4 aromatic rings. The molecular formula is C35H36Cl3N3O4S. The van der Waals surface area contributed by atoms with Crippen molar-refractivity contribution < 1.29 is 18.0 Å². The number of hydrogen-bond acceptors (Lipinski definition) is 4. The van der Waals surface area contributed by atoms with Gasteiger partial charge in [0.1, 0.15) is 12.6 Å². The lowest BCUT2D eigenvalue weighted by molar-refractivity contribution is -0.140. The van der Waals surface area contributed by atoms with Gasteiger partial charge in [-0.2, -0.15) is 0 Å². The Morgan fingerprint density at radius 1 is 0.826 bits per heavy atom. The molecule has 7 nitrogen and oxygen atoms in total. The third kappa shape index (κ3) is 9.04. The van der Waals surface area contributed by atoms with E-state index in [1.807, 2.05) is 44.2 Å². The van der Waals surface area contributed by atoms with E-state index < -0.39 is 28.5 Å². The minimum Gasteiger partial charge on any atom is -0.354 e. The first-order valence-corrected chi connectivity index (χ1v) is 17.5. The van der Waals surface area contributed by atoms with Crippen LogP contribution in [0.25, 0.3) is 0 Å². The molecule has 0 radical (unpaired) electrons. The molecule has 0 saturated carbocycles. The molecule has 46 heavy (non-hydrogen) atoms. The third-order valence-corrected chi connectivity index (χ3v) is 10.2. The van der Waals surface area contributed by atoms with Gasteiger partial charge in [0, 0.05) is 40.1 Å². The second-order valence-corrected chi connectivity index (χ2v) is 14.0. The molecule has 0 bridgehead atoms. The van der Waals surface area contributed by atoms with E-state index in [2.05, 4.69) is 5.32 Å². The van der Waals surface area contributed by atoms with Gasteiger partial charge in [0.2, 0.25) is 11.8 Å². The number of benzene rings is 4. The normalized spacial score (nSPS) is 11.9. The lowest BCUT2D eigenvalue weighted by Gasteiger charge is -2.34. The summed E-state index contributed by atoms with van der Waals surface area (Å²) in [6.45, 7) is 3.56. The van der Waals surface area contributed by atoms with Crippen molar-refractivity contribution in [3.63, 3.8) is 0 Å². The van der Waals surface area contributed by atoms with Crippen LogP contribution in [-0.4, -0.2) is 44.3 Å². The Morgan fingerprint density at radius 3 is 2.07 bits per heavy atom. The summed E-state index contributed by atoms with van der Waals surface area (Å²) in [7, 11) is -4.23. The van der Waals surface area contributed by atoms with Crippen LogP contribution in [0.15, 0.2) is 102 Å². The molecule has 1 atom stereocenters. The Bertz CT molecular complexity index is 1720. The fourth-order valence-corrected chi connectivity index (χ4v) is 6.94. The number of rotatable bonds is 14. The first-order chi connectivity index (χ1) is 22.0. The predicted molar refractivity (Wildman–Crippen MR) is 186 cm³/mol. The fraction of sp³-hybridized carbons (Fsp3) is 0.257. The molecule has 0 spiro atoms. The molecule has 2 amide bonds. The van der Waals surface area contributed by atoms with Crippen LogP contribution in [0.5, 0.6) is 0 Å². The van der Waals surface area contributed by atoms with Crippen molar-refractivity contribution in [2.75, 3.05) is 17.4 Å². The van der Waals surface area contributed by atoms with Gasteiger partial charge >= 0.3 is 0 Å². The minimum atomic E-state index is -4.23. The standard InChI is InChI=1S/C35H36Cl3N3O4S/c1-3-4-21-39-35(43)33(22-26-9-6-5-7-10-26)40(23-30-31(37)11-8-12-32(30)38)34(42)24-41(28-17-15-27(36)16-18-28)46(44,45)29-19-13-25(2)14-20-29/h5-20,33H,3-4,21-24H2,1-2H3,(H,39,43)/t33-/m0/s1. The molecular weight excluding hydrogens is 665 g/mol. The smallest absolute Gasteiger partial charge is 0.264 e. The summed E-state index contributed by atoms with van der Waals surface area (Å²) in [5.41, 5.74) is 2.39. The minimum absolute atomic E-state index is 0.0136. The quantitative estimate of drug-likeness (QED) is 0.137. The van der Waals surface area contributed by atoms with Gasteiger partial charge in [0.15, 0.2) is 0 Å². The maximum Gasteiger partial charge on any atom is 0.264 e. The second-order valence-electron chi connectivity index (χ2n) is 10.9. The number of sulfonamides is 1. The summed E-state index contributed by atoms with van der Waals surface area (Å²) in [6, 6.07) is 25.9. The molecule has 0 fully saturated rings. The second kappa shape index (κ2) is 16.3. The zero-order valence-electron chi connectivity index (χ0n) is 25.6. The van der Waals surface area contributed by atoms with Crippen LogP contribution in [0.1, 0.15) is 36.5 Å². The van der Waals surface area contributed by atoms with Crippen LogP contribution in [-0.2, 0) is 32.6 Å². The summed E-state index contributed by atoms with van der Waals surface area (Å²) in [4.78, 5) is 29.8. The average Bonchev–Trinajstić information content (AvgIpc) is 3.04. The third-order valence-electron chi connectivity index (χ3n) is 7.49. The molecule has 0 unspecified atom stereocenters. The average molecular weight is 701 g/mol. The number of amides is 2. The Hall–Kier alpha value is -3.56. The number of carbonyl (C=O) groups excluding carboxylic acids is 2. The molecule has 11 heteroatoms. The summed E-state index contributed by atoms with van der Waals surface area (Å²) < 4.78 is 29.3. The monoisotopic (exact) mass is 699 g/mol. The highest BCUT2D eigenvalue weighted by Crippen LogP contribution is 2.29. The number of carbonyl (C=O) groups is 2. The number of hydrogen-bond donors (Lipinski definition) is 1. The van der Waals surface area contributed by atoms with E-state index >= 15 is 0 Å². The Kier molecular flexibility index (Phi) is 12.5. The summed E-state index contributed by atoms with van der Waals surface area (Å²) in [5, 5.41) is 4.00. The summed E-state index contributed by atoms with van der Waals surface area (Å²) in [5.74, 6) is -0.985. The fourth-order valence-electron chi connectivity index (χ4n) is 4.89. The molecule has 1 N–H and O–H groups in total. The largest absolute Gasteiger partial charge is 0.354 e. The van der Waals surface area contributed by atoms with Gasteiger partial charge in [-0.1, -0.05) is 102 Å². The Labute approximate surface area is 286 Å².